The van der Waals surface area contributed by atoms with Crippen molar-refractivity contribution >= 4 is 17.5 Å². The fraction of sp³-hybridized carbons (Fsp3) is 0.333. The van der Waals surface area contributed by atoms with Crippen molar-refractivity contribution in [2.75, 3.05) is 20.6 Å². The molecular weight excluding hydrogens is 402 g/mol. The van der Waals surface area contributed by atoms with Crippen LogP contribution < -0.4 is 0 Å². The lowest BCUT2D eigenvalue weighted by Crippen LogP contribution is -2.12. The third-order valence-corrected chi connectivity index (χ3v) is 5.29. The van der Waals surface area contributed by atoms with Crippen LogP contribution in [0.25, 0.3) is 5.57 Å². The van der Waals surface area contributed by atoms with Crippen LogP contribution in [0, 0.1) is 0 Å². The Hall–Kier alpha value is -3.18. The molecule has 0 saturated heterocycles. The average molecular weight is 436 g/mol. The van der Waals surface area contributed by atoms with Gasteiger partial charge in [0.1, 0.15) is 0 Å². The molecular formula is C27H33NO4. The molecule has 5 heteroatoms. The summed E-state index contributed by atoms with van der Waals surface area (Å²) in [5, 5.41) is 15.6. The highest BCUT2D eigenvalue weighted by Gasteiger charge is 2.11. The lowest BCUT2D eigenvalue weighted by atomic mass is 9.92. The third-order valence-electron chi connectivity index (χ3n) is 5.29. The number of nitrogens with zero attached hydrogens (tertiary/aromatic N) is 1. The molecule has 0 bridgehead atoms. The molecule has 0 radical (unpaired) electrons. The second-order valence-electron chi connectivity index (χ2n) is 8.13. The van der Waals surface area contributed by atoms with Gasteiger partial charge in [-0.2, -0.15) is 0 Å². The Bertz CT molecular complexity index is 929. The fourth-order valence-corrected chi connectivity index (χ4v) is 3.71. The molecule has 1 aliphatic carbocycles. The SMILES string of the molecule is CN(C)CC/C=C(/c1ccccc1)c1ccc2c(c1)CCCCC2.O=C(O)/C=C\C(=O)O. The van der Waals surface area contributed by atoms with Gasteiger partial charge < -0.3 is 15.1 Å². The van der Waals surface area contributed by atoms with Crippen molar-refractivity contribution in [3.05, 3.63) is 89.0 Å². The predicted octanol–water partition coefficient (Wildman–Crippen LogP) is 5.05. The molecule has 0 aliphatic heterocycles. The van der Waals surface area contributed by atoms with E-state index in [9.17, 15) is 9.59 Å². The third kappa shape index (κ3) is 8.90. The summed E-state index contributed by atoms with van der Waals surface area (Å²) < 4.78 is 0. The molecule has 170 valence electrons. The topological polar surface area (TPSA) is 77.8 Å². The Morgan fingerprint density at radius 1 is 0.844 bits per heavy atom. The molecule has 0 unspecified atom stereocenters. The molecule has 0 spiro atoms. The largest absolute Gasteiger partial charge is 0.478 e. The highest BCUT2D eigenvalue weighted by molar-refractivity contribution is 5.89. The van der Waals surface area contributed by atoms with Crippen LogP contribution in [-0.2, 0) is 22.4 Å². The van der Waals surface area contributed by atoms with Gasteiger partial charge in [-0.15, -0.1) is 0 Å². The maximum absolute atomic E-state index is 9.55. The lowest BCUT2D eigenvalue weighted by molar-refractivity contribution is -0.134. The first-order valence-corrected chi connectivity index (χ1v) is 11.0. The molecule has 32 heavy (non-hydrogen) atoms. The standard InChI is InChI=1S/C23H29N.C4H4O4/c1-24(2)17-9-14-23(20-11-6-4-7-12-20)22-16-15-19-10-5-3-8-13-21(19)18-22;5-3(6)1-2-4(7)8/h4,6-7,11-12,14-16,18H,3,5,8-10,13,17H2,1-2H3;1-2H,(H,5,6)(H,7,8)/b23-14-;2-1-. The highest BCUT2D eigenvalue weighted by Crippen LogP contribution is 2.28. The number of hydrogen-bond donors (Lipinski definition) is 2. The van der Waals surface area contributed by atoms with Crippen LogP contribution in [0.3, 0.4) is 0 Å². The van der Waals surface area contributed by atoms with E-state index < -0.39 is 11.9 Å². The normalized spacial score (nSPS) is 13.8. The molecule has 2 N–H and O–H groups in total. The second-order valence-corrected chi connectivity index (χ2v) is 8.13. The van der Waals surface area contributed by atoms with Gasteiger partial charge in [-0.3, -0.25) is 0 Å². The minimum Gasteiger partial charge on any atom is -0.478 e. The first-order chi connectivity index (χ1) is 15.4. The second kappa shape index (κ2) is 13.3. The minimum absolute atomic E-state index is 0.558. The van der Waals surface area contributed by atoms with E-state index >= 15 is 0 Å². The molecule has 0 aromatic heterocycles. The number of carboxylic acids is 2. The zero-order valence-corrected chi connectivity index (χ0v) is 19.0. The van der Waals surface area contributed by atoms with Crippen LogP contribution >= 0.6 is 0 Å². The summed E-state index contributed by atoms with van der Waals surface area (Å²) in [5.74, 6) is -2.51. The van der Waals surface area contributed by atoms with Gasteiger partial charge in [0.15, 0.2) is 0 Å². The number of aryl methyl sites for hydroxylation is 2. The summed E-state index contributed by atoms with van der Waals surface area (Å²) in [6.45, 7) is 1.08. The lowest BCUT2D eigenvalue weighted by Gasteiger charge is -2.14. The first-order valence-electron chi connectivity index (χ1n) is 11.0. The van der Waals surface area contributed by atoms with E-state index in [0.29, 0.717) is 12.2 Å². The summed E-state index contributed by atoms with van der Waals surface area (Å²) in [6, 6.07) is 18.0. The van der Waals surface area contributed by atoms with E-state index in [1.807, 2.05) is 0 Å². The first kappa shape index (κ1) is 25.1. The van der Waals surface area contributed by atoms with Crippen LogP contribution in [0.2, 0.25) is 0 Å². The minimum atomic E-state index is -1.26. The molecule has 0 heterocycles. The quantitative estimate of drug-likeness (QED) is 0.470. The molecule has 0 atom stereocenters. The van der Waals surface area contributed by atoms with Crippen molar-refractivity contribution in [2.45, 2.75) is 38.5 Å². The maximum atomic E-state index is 9.55. The number of aliphatic carboxylic acids is 2. The molecule has 3 rings (SSSR count). The van der Waals surface area contributed by atoms with Crippen molar-refractivity contribution in [2.24, 2.45) is 0 Å². The number of hydrogen-bond acceptors (Lipinski definition) is 3. The van der Waals surface area contributed by atoms with Gasteiger partial charge in [-0.1, -0.05) is 61.0 Å². The Labute approximate surface area is 190 Å². The van der Waals surface area contributed by atoms with Gasteiger partial charge in [0.05, 0.1) is 0 Å². The van der Waals surface area contributed by atoms with E-state index in [1.165, 1.54) is 48.8 Å². The van der Waals surface area contributed by atoms with E-state index in [4.69, 9.17) is 10.2 Å². The summed E-state index contributed by atoms with van der Waals surface area (Å²) in [4.78, 5) is 21.4. The van der Waals surface area contributed by atoms with Crippen LogP contribution in [0.1, 0.15) is 47.9 Å². The van der Waals surface area contributed by atoms with E-state index in [1.54, 1.807) is 11.1 Å². The molecule has 0 fully saturated rings. The number of benzene rings is 2. The van der Waals surface area contributed by atoms with Crippen molar-refractivity contribution in [1.82, 2.24) is 4.90 Å². The van der Waals surface area contributed by atoms with Crippen molar-refractivity contribution < 1.29 is 19.8 Å². The zero-order chi connectivity index (χ0) is 23.3. The van der Waals surface area contributed by atoms with Gasteiger partial charge in [-0.25, -0.2) is 9.59 Å². The van der Waals surface area contributed by atoms with Gasteiger partial charge >= 0.3 is 11.9 Å². The van der Waals surface area contributed by atoms with Crippen molar-refractivity contribution in [3.8, 4) is 0 Å². The smallest absolute Gasteiger partial charge is 0.328 e. The van der Waals surface area contributed by atoms with Crippen molar-refractivity contribution in [1.29, 1.82) is 0 Å². The van der Waals surface area contributed by atoms with E-state index in [0.717, 1.165) is 13.0 Å². The predicted molar refractivity (Wildman–Crippen MR) is 129 cm³/mol. The summed E-state index contributed by atoms with van der Waals surface area (Å²) >= 11 is 0. The zero-order valence-electron chi connectivity index (χ0n) is 19.0. The molecule has 1 aliphatic rings. The van der Waals surface area contributed by atoms with E-state index in [2.05, 4.69) is 73.6 Å². The molecule has 2 aromatic carbocycles. The average Bonchev–Trinajstić information content (AvgIpc) is 3.01. The maximum Gasteiger partial charge on any atom is 0.328 e. The van der Waals surface area contributed by atoms with Crippen LogP contribution in [0.4, 0.5) is 0 Å². The van der Waals surface area contributed by atoms with Crippen LogP contribution in [0.5, 0.6) is 0 Å². The summed E-state index contributed by atoms with van der Waals surface area (Å²) in [5.41, 5.74) is 7.21. The van der Waals surface area contributed by atoms with Gasteiger partial charge in [0.2, 0.25) is 0 Å². The van der Waals surface area contributed by atoms with Crippen molar-refractivity contribution in [3.63, 3.8) is 0 Å². The van der Waals surface area contributed by atoms with Gasteiger partial charge in [0.25, 0.3) is 0 Å². The summed E-state index contributed by atoms with van der Waals surface area (Å²) in [6.07, 6.45) is 11.1. The fourth-order valence-electron chi connectivity index (χ4n) is 3.71. The number of rotatable bonds is 7. The molecule has 2 aromatic rings. The summed E-state index contributed by atoms with van der Waals surface area (Å²) in [7, 11) is 4.27. The van der Waals surface area contributed by atoms with E-state index in [-0.39, 0.29) is 0 Å². The molecule has 5 nitrogen and oxygen atoms in total. The van der Waals surface area contributed by atoms with Gasteiger partial charge in [-0.05, 0) is 74.0 Å². The van der Waals surface area contributed by atoms with Gasteiger partial charge in [0, 0.05) is 18.7 Å². The molecule has 0 saturated carbocycles. The van der Waals surface area contributed by atoms with Crippen LogP contribution in [0.15, 0.2) is 66.8 Å². The van der Waals surface area contributed by atoms with Crippen LogP contribution in [-0.4, -0.2) is 47.7 Å². The number of carbonyl (C=O) groups is 2. The number of carboxylic acid groups (broad SMARTS) is 2. The Morgan fingerprint density at radius 2 is 1.47 bits per heavy atom. The Balaban J connectivity index is 0.000000390. The Kier molecular flexibility index (Phi) is 10.4. The highest BCUT2D eigenvalue weighted by atomic mass is 16.4. The monoisotopic (exact) mass is 435 g/mol. The number of fused-ring (bicyclic) bond motifs is 1. The Morgan fingerprint density at radius 3 is 2.06 bits per heavy atom. The molecule has 0 amide bonds.